The van der Waals surface area contributed by atoms with E-state index in [1.54, 1.807) is 12.1 Å². The van der Waals surface area contributed by atoms with Crippen molar-refractivity contribution in [1.82, 2.24) is 0 Å². The van der Waals surface area contributed by atoms with Crippen LogP contribution in [0.15, 0.2) is 16.6 Å². The highest BCUT2D eigenvalue weighted by molar-refractivity contribution is 9.10. The first-order chi connectivity index (χ1) is 9.08. The average molecular weight is 328 g/mol. The molecule has 0 atom stereocenters. The molecule has 2 rings (SSSR count). The zero-order valence-corrected chi connectivity index (χ0v) is 12.5. The molecule has 1 fully saturated rings. The molecule has 0 spiro atoms. The van der Waals surface area contributed by atoms with Crippen LogP contribution in [0, 0.1) is 5.92 Å². The normalized spacial score (nSPS) is 16.3. The van der Waals surface area contributed by atoms with E-state index in [0.29, 0.717) is 29.5 Å². The van der Waals surface area contributed by atoms with Crippen molar-refractivity contribution in [2.45, 2.75) is 19.8 Å². The van der Waals surface area contributed by atoms with Gasteiger partial charge in [0.05, 0.1) is 17.9 Å². The predicted octanol–water partition coefficient (Wildman–Crippen LogP) is 3.04. The number of anilines is 1. The Morgan fingerprint density at radius 1 is 1.47 bits per heavy atom. The highest BCUT2D eigenvalue weighted by Crippen LogP contribution is 2.32. The maximum atomic E-state index is 11.6. The molecular weight excluding hydrogens is 310 g/mol. The third kappa shape index (κ3) is 3.70. The smallest absolute Gasteiger partial charge is 0.163 e. The third-order valence-corrected chi connectivity index (χ3v) is 3.72. The fourth-order valence-corrected chi connectivity index (χ4v) is 2.63. The topological polar surface area (TPSA) is 61.6 Å². The van der Waals surface area contributed by atoms with Gasteiger partial charge in [0.15, 0.2) is 11.5 Å². The second-order valence-corrected chi connectivity index (χ2v) is 5.71. The molecule has 0 amide bonds. The van der Waals surface area contributed by atoms with Crippen molar-refractivity contribution >= 4 is 27.4 Å². The Hall–Kier alpha value is -1.07. The average Bonchev–Trinajstić information content (AvgIpc) is 2.38. The Morgan fingerprint density at radius 2 is 2.16 bits per heavy atom. The summed E-state index contributed by atoms with van der Waals surface area (Å²) in [5.74, 6) is 0.925. The van der Waals surface area contributed by atoms with Gasteiger partial charge in [0.1, 0.15) is 0 Å². The number of nitrogen functional groups attached to an aromatic ring is 1. The first-order valence-electron chi connectivity index (χ1n) is 6.38. The van der Waals surface area contributed by atoms with Gasteiger partial charge in [-0.25, -0.2) is 0 Å². The summed E-state index contributed by atoms with van der Waals surface area (Å²) in [5, 5.41) is 0. The number of nitrogens with two attached hydrogens (primary N) is 1. The molecule has 104 valence electrons. The van der Waals surface area contributed by atoms with Crippen LogP contribution >= 0.6 is 15.9 Å². The molecular formula is C14H18BrNO3. The molecule has 2 N–H and O–H groups in total. The molecule has 1 aliphatic rings. The zero-order valence-electron chi connectivity index (χ0n) is 10.9. The fourth-order valence-electron chi connectivity index (χ4n) is 2.15. The summed E-state index contributed by atoms with van der Waals surface area (Å²) in [6.45, 7) is 3.66. The van der Waals surface area contributed by atoms with Gasteiger partial charge in [-0.1, -0.05) is 15.9 Å². The van der Waals surface area contributed by atoms with E-state index in [-0.39, 0.29) is 5.78 Å². The van der Waals surface area contributed by atoms with Crippen LogP contribution in [0.4, 0.5) is 5.69 Å². The van der Waals surface area contributed by atoms with E-state index in [4.69, 9.17) is 15.2 Å². The summed E-state index contributed by atoms with van der Waals surface area (Å²) in [5.41, 5.74) is 6.96. The van der Waals surface area contributed by atoms with Crippen LogP contribution < -0.4 is 10.5 Å². The van der Waals surface area contributed by atoms with Crippen molar-refractivity contribution in [1.29, 1.82) is 0 Å². The maximum absolute atomic E-state index is 11.6. The van der Waals surface area contributed by atoms with Gasteiger partial charge in [0.25, 0.3) is 0 Å². The Balaban J connectivity index is 2.12. The van der Waals surface area contributed by atoms with E-state index in [1.807, 2.05) is 0 Å². The van der Waals surface area contributed by atoms with Gasteiger partial charge in [-0.3, -0.25) is 4.79 Å². The molecule has 0 unspecified atom stereocenters. The number of Topliss-reactive ketones (excluding diaryl/α,β-unsaturated/α-hetero) is 1. The standard InChI is InChI=1S/C14H18BrNO3/c1-9(17)12-6-11(15)7-13(16)14(12)19-8-10-2-4-18-5-3-10/h6-7,10H,2-5,8,16H2,1H3. The maximum Gasteiger partial charge on any atom is 0.163 e. The Labute approximate surface area is 121 Å². The molecule has 19 heavy (non-hydrogen) atoms. The monoisotopic (exact) mass is 327 g/mol. The van der Waals surface area contributed by atoms with E-state index in [0.717, 1.165) is 30.5 Å². The van der Waals surface area contributed by atoms with E-state index >= 15 is 0 Å². The van der Waals surface area contributed by atoms with Crippen LogP contribution in [0.3, 0.4) is 0 Å². The number of rotatable bonds is 4. The summed E-state index contributed by atoms with van der Waals surface area (Å²) in [7, 11) is 0. The molecule has 1 aliphatic heterocycles. The zero-order chi connectivity index (χ0) is 13.8. The number of benzene rings is 1. The Kier molecular flexibility index (Phi) is 4.82. The second-order valence-electron chi connectivity index (χ2n) is 4.79. The number of halogens is 1. The van der Waals surface area contributed by atoms with Gasteiger partial charge in [-0.2, -0.15) is 0 Å². The molecule has 1 aromatic carbocycles. The SMILES string of the molecule is CC(=O)c1cc(Br)cc(N)c1OCC1CCOCC1. The fraction of sp³-hybridized carbons (Fsp3) is 0.500. The van der Waals surface area contributed by atoms with E-state index < -0.39 is 0 Å². The molecule has 4 nitrogen and oxygen atoms in total. The number of ether oxygens (including phenoxy) is 2. The van der Waals surface area contributed by atoms with Crippen molar-refractivity contribution in [3.05, 3.63) is 22.2 Å². The summed E-state index contributed by atoms with van der Waals surface area (Å²) in [4.78, 5) is 11.6. The van der Waals surface area contributed by atoms with Crippen molar-refractivity contribution in [2.24, 2.45) is 5.92 Å². The van der Waals surface area contributed by atoms with Crippen LogP contribution in [-0.2, 0) is 4.74 Å². The first-order valence-corrected chi connectivity index (χ1v) is 7.17. The van der Waals surface area contributed by atoms with Gasteiger partial charge >= 0.3 is 0 Å². The van der Waals surface area contributed by atoms with Gasteiger partial charge < -0.3 is 15.2 Å². The summed E-state index contributed by atoms with van der Waals surface area (Å²) >= 11 is 3.34. The number of hydrogen-bond donors (Lipinski definition) is 1. The van der Waals surface area contributed by atoms with E-state index in [2.05, 4.69) is 15.9 Å². The molecule has 0 aromatic heterocycles. The van der Waals surface area contributed by atoms with Crippen molar-refractivity contribution < 1.29 is 14.3 Å². The van der Waals surface area contributed by atoms with Crippen molar-refractivity contribution in [2.75, 3.05) is 25.6 Å². The van der Waals surface area contributed by atoms with Gasteiger partial charge in [-0.05, 0) is 37.8 Å². The quantitative estimate of drug-likeness (QED) is 0.682. The summed E-state index contributed by atoms with van der Waals surface area (Å²) in [6, 6.07) is 3.50. The summed E-state index contributed by atoms with van der Waals surface area (Å²) < 4.78 is 11.9. The molecule has 1 saturated heterocycles. The Bertz CT molecular complexity index is 470. The number of ketones is 1. The minimum absolute atomic E-state index is 0.0463. The van der Waals surface area contributed by atoms with Crippen LogP contribution in [0.25, 0.3) is 0 Å². The minimum Gasteiger partial charge on any atom is -0.490 e. The predicted molar refractivity (Wildman–Crippen MR) is 77.6 cm³/mol. The molecule has 1 heterocycles. The molecule has 0 bridgehead atoms. The van der Waals surface area contributed by atoms with Gasteiger partial charge in [0, 0.05) is 17.7 Å². The highest BCUT2D eigenvalue weighted by Gasteiger charge is 2.18. The molecule has 5 heteroatoms. The molecule has 0 saturated carbocycles. The lowest BCUT2D eigenvalue weighted by Crippen LogP contribution is -2.22. The van der Waals surface area contributed by atoms with E-state index in [1.165, 1.54) is 6.92 Å². The van der Waals surface area contributed by atoms with Crippen LogP contribution in [-0.4, -0.2) is 25.6 Å². The second kappa shape index (κ2) is 6.39. The minimum atomic E-state index is -0.0463. The number of carbonyl (C=O) groups is 1. The lowest BCUT2D eigenvalue weighted by atomic mass is 10.0. The number of hydrogen-bond acceptors (Lipinski definition) is 4. The first kappa shape index (κ1) is 14.3. The Morgan fingerprint density at radius 3 is 2.79 bits per heavy atom. The van der Waals surface area contributed by atoms with Crippen LogP contribution in [0.2, 0.25) is 0 Å². The lowest BCUT2D eigenvalue weighted by molar-refractivity contribution is 0.0496. The molecule has 0 aliphatic carbocycles. The lowest BCUT2D eigenvalue weighted by Gasteiger charge is -2.23. The highest BCUT2D eigenvalue weighted by atomic mass is 79.9. The van der Waals surface area contributed by atoms with Crippen LogP contribution in [0.1, 0.15) is 30.1 Å². The number of carbonyl (C=O) groups excluding carboxylic acids is 1. The van der Waals surface area contributed by atoms with Gasteiger partial charge in [0.2, 0.25) is 0 Å². The molecule has 1 aromatic rings. The van der Waals surface area contributed by atoms with E-state index in [9.17, 15) is 4.79 Å². The molecule has 0 radical (unpaired) electrons. The van der Waals surface area contributed by atoms with Crippen LogP contribution in [0.5, 0.6) is 5.75 Å². The van der Waals surface area contributed by atoms with Crippen molar-refractivity contribution in [3.8, 4) is 5.75 Å². The largest absolute Gasteiger partial charge is 0.490 e. The third-order valence-electron chi connectivity index (χ3n) is 3.27. The van der Waals surface area contributed by atoms with Crippen molar-refractivity contribution in [3.63, 3.8) is 0 Å². The summed E-state index contributed by atoms with van der Waals surface area (Å²) in [6.07, 6.45) is 1.98. The van der Waals surface area contributed by atoms with Gasteiger partial charge in [-0.15, -0.1) is 0 Å².